The minimum absolute atomic E-state index is 0.531. The van der Waals surface area contributed by atoms with Gasteiger partial charge in [0.1, 0.15) is 0 Å². The Morgan fingerprint density at radius 1 is 1.18 bits per heavy atom. The van der Waals surface area contributed by atoms with Gasteiger partial charge in [0.15, 0.2) is 0 Å². The third-order valence-electron chi connectivity index (χ3n) is 2.49. The van der Waals surface area contributed by atoms with Crippen LogP contribution in [0.25, 0.3) is 10.4 Å². The van der Waals surface area contributed by atoms with Gasteiger partial charge >= 0.3 is 0 Å². The Bertz CT molecular complexity index is 490. The largest absolute Gasteiger partial charge is 0.310 e. The average Bonchev–Trinajstić information content (AvgIpc) is 2.75. The van der Waals surface area contributed by atoms with E-state index in [9.17, 15) is 0 Å². The van der Waals surface area contributed by atoms with E-state index < -0.39 is 0 Å². The van der Waals surface area contributed by atoms with Crippen molar-refractivity contribution in [1.82, 2.24) is 5.32 Å². The lowest BCUT2D eigenvalue weighted by Crippen LogP contribution is -2.21. The minimum atomic E-state index is 0.531. The van der Waals surface area contributed by atoms with Crippen molar-refractivity contribution >= 4 is 27.3 Å². The first-order chi connectivity index (χ1) is 8.16. The molecule has 17 heavy (non-hydrogen) atoms. The van der Waals surface area contributed by atoms with Gasteiger partial charge in [-0.1, -0.05) is 48.0 Å². The maximum atomic E-state index is 3.60. The van der Waals surface area contributed by atoms with Crippen LogP contribution < -0.4 is 5.32 Å². The quantitative estimate of drug-likeness (QED) is 0.865. The zero-order valence-corrected chi connectivity index (χ0v) is 12.4. The van der Waals surface area contributed by atoms with Crippen LogP contribution in [0.4, 0.5) is 0 Å². The second kappa shape index (κ2) is 5.80. The molecular weight excluding hydrogens is 294 g/mol. The van der Waals surface area contributed by atoms with Crippen molar-refractivity contribution < 1.29 is 0 Å². The van der Waals surface area contributed by atoms with Gasteiger partial charge in [-0.25, -0.2) is 0 Å². The number of halogens is 1. The van der Waals surface area contributed by atoms with Gasteiger partial charge in [0.2, 0.25) is 0 Å². The fraction of sp³-hybridized carbons (Fsp3) is 0.286. The molecule has 0 spiro atoms. The molecule has 0 aliphatic carbocycles. The van der Waals surface area contributed by atoms with Crippen LogP contribution in [0.15, 0.2) is 40.9 Å². The van der Waals surface area contributed by atoms with E-state index in [4.69, 9.17) is 0 Å². The topological polar surface area (TPSA) is 12.0 Å². The summed E-state index contributed by atoms with van der Waals surface area (Å²) in [5, 5.41) is 3.44. The Labute approximate surface area is 115 Å². The summed E-state index contributed by atoms with van der Waals surface area (Å²) < 4.78 is 1.16. The molecular formula is C14H16BrNS. The highest BCUT2D eigenvalue weighted by Gasteiger charge is 2.06. The van der Waals surface area contributed by atoms with Crippen molar-refractivity contribution in [2.75, 3.05) is 0 Å². The average molecular weight is 310 g/mol. The Balaban J connectivity index is 2.16. The molecule has 2 rings (SSSR count). The summed E-state index contributed by atoms with van der Waals surface area (Å²) in [7, 11) is 0. The van der Waals surface area contributed by atoms with E-state index in [-0.39, 0.29) is 0 Å². The van der Waals surface area contributed by atoms with Gasteiger partial charge in [0.25, 0.3) is 0 Å². The van der Waals surface area contributed by atoms with E-state index in [1.807, 2.05) is 17.4 Å². The normalized spacial score (nSPS) is 11.1. The number of rotatable bonds is 4. The first-order valence-electron chi connectivity index (χ1n) is 5.74. The second-order valence-corrected chi connectivity index (χ2v) is 6.30. The monoisotopic (exact) mass is 309 g/mol. The molecule has 0 amide bonds. The van der Waals surface area contributed by atoms with Gasteiger partial charge in [-0.05, 0) is 18.2 Å². The van der Waals surface area contributed by atoms with Crippen molar-refractivity contribution in [3.05, 3.63) is 45.7 Å². The Hall–Kier alpha value is -0.640. The number of benzene rings is 1. The smallest absolute Gasteiger partial charge is 0.0357 e. The van der Waals surface area contributed by atoms with Crippen molar-refractivity contribution in [2.45, 2.75) is 26.4 Å². The first-order valence-corrected chi connectivity index (χ1v) is 7.35. The van der Waals surface area contributed by atoms with Gasteiger partial charge in [-0.3, -0.25) is 0 Å². The van der Waals surface area contributed by atoms with Crippen molar-refractivity contribution in [3.63, 3.8) is 0 Å². The zero-order chi connectivity index (χ0) is 12.3. The van der Waals surface area contributed by atoms with Crippen LogP contribution in [0.5, 0.6) is 0 Å². The molecule has 1 heterocycles. The summed E-state index contributed by atoms with van der Waals surface area (Å²) in [5.74, 6) is 0. The molecule has 0 saturated heterocycles. The number of hydrogen-bond acceptors (Lipinski definition) is 2. The lowest BCUT2D eigenvalue weighted by Gasteiger charge is -2.05. The minimum Gasteiger partial charge on any atom is -0.310 e. The van der Waals surface area contributed by atoms with Crippen molar-refractivity contribution in [1.29, 1.82) is 0 Å². The fourth-order valence-corrected chi connectivity index (χ4v) is 3.21. The molecule has 0 saturated carbocycles. The van der Waals surface area contributed by atoms with E-state index in [1.54, 1.807) is 0 Å². The molecule has 0 aliphatic heterocycles. The van der Waals surface area contributed by atoms with E-state index in [0.717, 1.165) is 11.0 Å². The predicted molar refractivity (Wildman–Crippen MR) is 79.4 cm³/mol. The summed E-state index contributed by atoms with van der Waals surface area (Å²) in [4.78, 5) is 2.70. The van der Waals surface area contributed by atoms with Crippen LogP contribution >= 0.6 is 27.3 Å². The van der Waals surface area contributed by atoms with Crippen LogP contribution in [0.2, 0.25) is 0 Å². The Morgan fingerprint density at radius 3 is 2.65 bits per heavy atom. The van der Waals surface area contributed by atoms with Gasteiger partial charge < -0.3 is 5.32 Å². The van der Waals surface area contributed by atoms with Crippen molar-refractivity contribution in [3.8, 4) is 10.4 Å². The molecule has 3 heteroatoms. The van der Waals surface area contributed by atoms with Gasteiger partial charge in [-0.15, -0.1) is 11.3 Å². The molecule has 90 valence electrons. The molecule has 1 aromatic heterocycles. The maximum Gasteiger partial charge on any atom is 0.0357 e. The SMILES string of the molecule is CC(C)NCc1ccc(-c2ccccc2Br)s1. The third-order valence-corrected chi connectivity index (χ3v) is 4.30. The van der Waals surface area contributed by atoms with Crippen molar-refractivity contribution in [2.24, 2.45) is 0 Å². The fourth-order valence-electron chi connectivity index (χ4n) is 1.58. The van der Waals surface area contributed by atoms with Crippen LogP contribution in [0, 0.1) is 0 Å². The molecule has 1 aromatic carbocycles. The molecule has 0 aliphatic rings. The first kappa shape index (κ1) is 12.8. The number of nitrogens with one attached hydrogen (secondary N) is 1. The molecule has 2 aromatic rings. The lowest BCUT2D eigenvalue weighted by atomic mass is 10.2. The maximum absolute atomic E-state index is 3.60. The highest BCUT2D eigenvalue weighted by Crippen LogP contribution is 2.33. The standard InChI is InChI=1S/C14H16BrNS/c1-10(2)16-9-11-7-8-14(17-11)12-5-3-4-6-13(12)15/h3-8,10,16H,9H2,1-2H3. The molecule has 1 N–H and O–H groups in total. The Morgan fingerprint density at radius 2 is 1.94 bits per heavy atom. The zero-order valence-electron chi connectivity index (χ0n) is 10.0. The van der Waals surface area contributed by atoms with E-state index in [1.165, 1.54) is 15.3 Å². The third kappa shape index (κ3) is 3.41. The molecule has 0 unspecified atom stereocenters. The van der Waals surface area contributed by atoms with Crippen LogP contribution in [-0.2, 0) is 6.54 Å². The van der Waals surface area contributed by atoms with Gasteiger partial charge in [0, 0.05) is 32.4 Å². The predicted octanol–water partition coefficient (Wildman–Crippen LogP) is 4.68. The summed E-state index contributed by atoms with van der Waals surface area (Å²) in [6, 6.07) is 13.3. The Kier molecular flexibility index (Phi) is 4.37. The highest BCUT2D eigenvalue weighted by molar-refractivity contribution is 9.10. The van der Waals surface area contributed by atoms with Crippen LogP contribution in [0.3, 0.4) is 0 Å². The molecule has 0 fully saturated rings. The van der Waals surface area contributed by atoms with Gasteiger partial charge in [-0.2, -0.15) is 0 Å². The molecule has 0 bridgehead atoms. The summed E-state index contributed by atoms with van der Waals surface area (Å²) in [6.45, 7) is 5.29. The van der Waals surface area contributed by atoms with E-state index >= 15 is 0 Å². The molecule has 0 atom stereocenters. The second-order valence-electron chi connectivity index (χ2n) is 4.28. The van der Waals surface area contributed by atoms with E-state index in [0.29, 0.717) is 6.04 Å². The summed E-state index contributed by atoms with van der Waals surface area (Å²) in [6.07, 6.45) is 0. The summed E-state index contributed by atoms with van der Waals surface area (Å²) >= 11 is 5.45. The van der Waals surface area contributed by atoms with Gasteiger partial charge in [0.05, 0.1) is 0 Å². The highest BCUT2D eigenvalue weighted by atomic mass is 79.9. The van der Waals surface area contributed by atoms with E-state index in [2.05, 4.69) is 65.4 Å². The van der Waals surface area contributed by atoms with Crippen LogP contribution in [0.1, 0.15) is 18.7 Å². The molecule has 0 radical (unpaired) electrons. The summed E-state index contributed by atoms with van der Waals surface area (Å²) in [5.41, 5.74) is 1.27. The number of thiophene rings is 1. The number of hydrogen-bond donors (Lipinski definition) is 1. The molecule has 1 nitrogen and oxygen atoms in total. The lowest BCUT2D eigenvalue weighted by molar-refractivity contribution is 0.593. The van der Waals surface area contributed by atoms with Crippen LogP contribution in [-0.4, -0.2) is 6.04 Å².